The average Bonchev–Trinajstić information content (AvgIpc) is 2.93. The van der Waals surface area contributed by atoms with E-state index >= 15 is 0 Å². The van der Waals surface area contributed by atoms with E-state index in [2.05, 4.69) is 10.3 Å². The van der Waals surface area contributed by atoms with Gasteiger partial charge >= 0.3 is 0 Å². The van der Waals surface area contributed by atoms with E-state index < -0.39 is 11.6 Å². The summed E-state index contributed by atoms with van der Waals surface area (Å²) in [5.74, 6) is -0.717. The van der Waals surface area contributed by atoms with Crippen LogP contribution in [0.25, 0.3) is 0 Å². The monoisotopic (exact) mass is 293 g/mol. The SMILES string of the molecule is CCCNC(Cc1nccn1CC)c1cccc(F)c1F. The van der Waals surface area contributed by atoms with Gasteiger partial charge in [-0.05, 0) is 26.0 Å². The van der Waals surface area contributed by atoms with Crippen LogP contribution < -0.4 is 5.32 Å². The lowest BCUT2D eigenvalue weighted by Crippen LogP contribution is -2.26. The number of halogens is 2. The number of imidazole rings is 1. The van der Waals surface area contributed by atoms with E-state index in [0.717, 1.165) is 31.4 Å². The number of benzene rings is 1. The third kappa shape index (κ3) is 3.67. The van der Waals surface area contributed by atoms with Gasteiger partial charge in [-0.15, -0.1) is 0 Å². The van der Waals surface area contributed by atoms with Crippen molar-refractivity contribution >= 4 is 0 Å². The average molecular weight is 293 g/mol. The summed E-state index contributed by atoms with van der Waals surface area (Å²) in [5, 5.41) is 3.28. The van der Waals surface area contributed by atoms with Gasteiger partial charge in [0.25, 0.3) is 0 Å². The van der Waals surface area contributed by atoms with Gasteiger partial charge in [-0.1, -0.05) is 19.1 Å². The molecule has 0 saturated heterocycles. The zero-order valence-corrected chi connectivity index (χ0v) is 12.4. The maximum absolute atomic E-state index is 14.0. The van der Waals surface area contributed by atoms with Crippen molar-refractivity contribution in [2.24, 2.45) is 0 Å². The number of nitrogens with zero attached hydrogens (tertiary/aromatic N) is 2. The van der Waals surface area contributed by atoms with Crippen molar-refractivity contribution in [2.45, 2.75) is 39.3 Å². The standard InChI is InChI=1S/C16H21F2N3/c1-3-8-19-14(11-15-20-9-10-21(15)4-2)12-6-5-7-13(17)16(12)18/h5-7,9-10,14,19H,3-4,8,11H2,1-2H3. The molecule has 0 aliphatic rings. The fourth-order valence-electron chi connectivity index (χ4n) is 2.40. The van der Waals surface area contributed by atoms with Crippen LogP contribution in [-0.4, -0.2) is 16.1 Å². The highest BCUT2D eigenvalue weighted by molar-refractivity contribution is 5.23. The Labute approximate surface area is 124 Å². The van der Waals surface area contributed by atoms with Crippen LogP contribution >= 0.6 is 0 Å². The second-order valence-electron chi connectivity index (χ2n) is 4.98. The Morgan fingerprint density at radius 3 is 2.81 bits per heavy atom. The summed E-state index contributed by atoms with van der Waals surface area (Å²) >= 11 is 0. The Hall–Kier alpha value is -1.75. The van der Waals surface area contributed by atoms with Crippen LogP contribution in [-0.2, 0) is 13.0 Å². The number of aromatic nitrogens is 2. The van der Waals surface area contributed by atoms with E-state index in [1.165, 1.54) is 0 Å². The predicted octanol–water partition coefficient (Wildman–Crippen LogP) is 3.46. The Morgan fingerprint density at radius 2 is 2.10 bits per heavy atom. The molecule has 0 bridgehead atoms. The summed E-state index contributed by atoms with van der Waals surface area (Å²) < 4.78 is 29.5. The first-order chi connectivity index (χ1) is 10.2. The molecule has 0 amide bonds. The zero-order chi connectivity index (χ0) is 15.2. The van der Waals surface area contributed by atoms with Gasteiger partial charge in [0, 0.05) is 37.0 Å². The molecular weight excluding hydrogens is 272 g/mol. The van der Waals surface area contributed by atoms with Crippen LogP contribution in [0.2, 0.25) is 0 Å². The van der Waals surface area contributed by atoms with Gasteiger partial charge < -0.3 is 9.88 Å². The van der Waals surface area contributed by atoms with Gasteiger partial charge in [0.2, 0.25) is 0 Å². The molecule has 1 N–H and O–H groups in total. The van der Waals surface area contributed by atoms with E-state index in [4.69, 9.17) is 0 Å². The molecule has 21 heavy (non-hydrogen) atoms. The van der Waals surface area contributed by atoms with Crippen molar-refractivity contribution < 1.29 is 8.78 Å². The number of aryl methyl sites for hydroxylation is 1. The van der Waals surface area contributed by atoms with Gasteiger partial charge in [0.15, 0.2) is 11.6 Å². The molecule has 0 spiro atoms. The molecule has 0 aliphatic carbocycles. The lowest BCUT2D eigenvalue weighted by atomic mass is 10.0. The summed E-state index contributed by atoms with van der Waals surface area (Å²) in [6, 6.07) is 4.03. The topological polar surface area (TPSA) is 29.9 Å². The Balaban J connectivity index is 2.28. The van der Waals surface area contributed by atoms with Crippen molar-refractivity contribution in [2.75, 3.05) is 6.54 Å². The van der Waals surface area contributed by atoms with Gasteiger partial charge in [-0.25, -0.2) is 13.8 Å². The van der Waals surface area contributed by atoms with Crippen molar-refractivity contribution in [3.05, 3.63) is 53.6 Å². The molecule has 5 heteroatoms. The first-order valence-electron chi connectivity index (χ1n) is 7.34. The lowest BCUT2D eigenvalue weighted by Gasteiger charge is -2.20. The second kappa shape index (κ2) is 7.31. The van der Waals surface area contributed by atoms with E-state index in [-0.39, 0.29) is 6.04 Å². The molecule has 0 aliphatic heterocycles. The first-order valence-corrected chi connectivity index (χ1v) is 7.34. The summed E-state index contributed by atoms with van der Waals surface area (Å²) in [6.45, 7) is 5.62. The third-order valence-electron chi connectivity index (χ3n) is 3.53. The molecule has 0 fully saturated rings. The highest BCUT2D eigenvalue weighted by atomic mass is 19.2. The number of rotatable bonds is 7. The maximum Gasteiger partial charge on any atom is 0.163 e. The van der Waals surface area contributed by atoms with Gasteiger partial charge in [-0.3, -0.25) is 0 Å². The highest BCUT2D eigenvalue weighted by Gasteiger charge is 2.19. The molecule has 1 aromatic heterocycles. The largest absolute Gasteiger partial charge is 0.335 e. The van der Waals surface area contributed by atoms with Crippen molar-refractivity contribution in [3.63, 3.8) is 0 Å². The van der Waals surface area contributed by atoms with E-state index in [1.54, 1.807) is 18.3 Å². The minimum absolute atomic E-state index is 0.284. The Kier molecular flexibility index (Phi) is 5.44. The molecule has 2 rings (SSSR count). The summed E-state index contributed by atoms with van der Waals surface area (Å²) in [4.78, 5) is 4.32. The predicted molar refractivity (Wildman–Crippen MR) is 79.0 cm³/mol. The summed E-state index contributed by atoms with van der Waals surface area (Å²) in [6.07, 6.45) is 5.09. The maximum atomic E-state index is 14.0. The molecule has 3 nitrogen and oxygen atoms in total. The van der Waals surface area contributed by atoms with Crippen molar-refractivity contribution in [1.82, 2.24) is 14.9 Å². The van der Waals surface area contributed by atoms with E-state index in [0.29, 0.717) is 12.0 Å². The quantitative estimate of drug-likeness (QED) is 0.847. The van der Waals surface area contributed by atoms with Crippen molar-refractivity contribution in [1.29, 1.82) is 0 Å². The Morgan fingerprint density at radius 1 is 1.29 bits per heavy atom. The van der Waals surface area contributed by atoms with Crippen LogP contribution in [0.4, 0.5) is 8.78 Å². The zero-order valence-electron chi connectivity index (χ0n) is 12.4. The number of hydrogen-bond acceptors (Lipinski definition) is 2. The number of hydrogen-bond donors (Lipinski definition) is 1. The van der Waals surface area contributed by atoms with E-state index in [1.807, 2.05) is 24.6 Å². The minimum Gasteiger partial charge on any atom is -0.335 e. The van der Waals surface area contributed by atoms with E-state index in [9.17, 15) is 8.78 Å². The fourth-order valence-corrected chi connectivity index (χ4v) is 2.40. The smallest absolute Gasteiger partial charge is 0.163 e. The molecule has 1 heterocycles. The molecule has 0 saturated carbocycles. The van der Waals surface area contributed by atoms with Gasteiger partial charge in [0.1, 0.15) is 5.82 Å². The number of nitrogens with one attached hydrogen (secondary N) is 1. The summed E-state index contributed by atoms with van der Waals surface area (Å²) in [5.41, 5.74) is 0.356. The Bertz CT molecular complexity index is 581. The van der Waals surface area contributed by atoms with Gasteiger partial charge in [-0.2, -0.15) is 0 Å². The fraction of sp³-hybridized carbons (Fsp3) is 0.438. The molecule has 114 valence electrons. The molecule has 2 aromatic rings. The summed E-state index contributed by atoms with van der Waals surface area (Å²) in [7, 11) is 0. The third-order valence-corrected chi connectivity index (χ3v) is 3.53. The molecular formula is C16H21F2N3. The normalized spacial score (nSPS) is 12.6. The van der Waals surface area contributed by atoms with Crippen LogP contribution in [0.15, 0.2) is 30.6 Å². The minimum atomic E-state index is -0.811. The van der Waals surface area contributed by atoms with Gasteiger partial charge in [0.05, 0.1) is 0 Å². The molecule has 1 unspecified atom stereocenters. The molecule has 1 atom stereocenters. The first kappa shape index (κ1) is 15.6. The second-order valence-corrected chi connectivity index (χ2v) is 4.98. The van der Waals surface area contributed by atoms with Crippen LogP contribution in [0.3, 0.4) is 0 Å². The van der Waals surface area contributed by atoms with Crippen molar-refractivity contribution in [3.8, 4) is 0 Å². The van der Waals surface area contributed by atoms with Crippen LogP contribution in [0, 0.1) is 11.6 Å². The van der Waals surface area contributed by atoms with Crippen LogP contribution in [0.1, 0.15) is 37.7 Å². The lowest BCUT2D eigenvalue weighted by molar-refractivity contribution is 0.451. The molecule has 1 aromatic carbocycles. The highest BCUT2D eigenvalue weighted by Crippen LogP contribution is 2.22. The van der Waals surface area contributed by atoms with Crippen LogP contribution in [0.5, 0.6) is 0 Å². The molecule has 0 radical (unpaired) electrons.